The van der Waals surface area contributed by atoms with Crippen molar-refractivity contribution in [2.45, 2.75) is 12.5 Å². The zero-order chi connectivity index (χ0) is 11.3. The Morgan fingerprint density at radius 3 is 2.53 bits per heavy atom. The van der Waals surface area contributed by atoms with Crippen LogP contribution >= 0.6 is 0 Å². The summed E-state index contributed by atoms with van der Waals surface area (Å²) in [5, 5.41) is 10.9. The fourth-order valence-corrected chi connectivity index (χ4v) is 1.13. The third-order valence-corrected chi connectivity index (χ3v) is 1.80. The molecule has 1 heterocycles. The second kappa shape index (κ2) is 4.94. The topological polar surface area (TPSA) is 105 Å². The van der Waals surface area contributed by atoms with Crippen LogP contribution in [0, 0.1) is 0 Å². The summed E-state index contributed by atoms with van der Waals surface area (Å²) in [6.45, 7) is 0. The van der Waals surface area contributed by atoms with Crippen LogP contribution in [0.4, 0.5) is 4.79 Å². The van der Waals surface area contributed by atoms with Gasteiger partial charge in [0.05, 0.1) is 0 Å². The lowest BCUT2D eigenvalue weighted by Gasteiger charge is -2.12. The first-order chi connectivity index (χ1) is 7.09. The zero-order valence-electron chi connectivity index (χ0n) is 7.88. The van der Waals surface area contributed by atoms with Gasteiger partial charge in [0.1, 0.15) is 6.04 Å². The first kappa shape index (κ1) is 11.0. The molecule has 6 heteroatoms. The molecular weight excluding hydrogens is 198 g/mol. The lowest BCUT2D eigenvalue weighted by Crippen LogP contribution is -2.44. The molecule has 1 aromatic rings. The van der Waals surface area contributed by atoms with Gasteiger partial charge in [-0.2, -0.15) is 0 Å². The summed E-state index contributed by atoms with van der Waals surface area (Å²) in [5.41, 5.74) is 5.63. The molecule has 0 unspecified atom stereocenters. The molecule has 2 amide bonds. The number of nitrogens with zero attached hydrogens (tertiary/aromatic N) is 1. The molecule has 1 rings (SSSR count). The van der Waals surface area contributed by atoms with E-state index in [9.17, 15) is 9.59 Å². The van der Waals surface area contributed by atoms with E-state index in [1.165, 1.54) is 0 Å². The third-order valence-electron chi connectivity index (χ3n) is 1.80. The highest BCUT2D eigenvalue weighted by Gasteiger charge is 2.18. The van der Waals surface area contributed by atoms with Crippen molar-refractivity contribution in [2.24, 2.45) is 5.73 Å². The number of hydrogen-bond acceptors (Lipinski definition) is 3. The Morgan fingerprint density at radius 2 is 2.07 bits per heavy atom. The minimum atomic E-state index is -1.12. The van der Waals surface area contributed by atoms with E-state index in [1.54, 1.807) is 24.5 Å². The molecule has 0 aliphatic heterocycles. The number of nitrogens with one attached hydrogen (secondary N) is 1. The van der Waals surface area contributed by atoms with Crippen LogP contribution < -0.4 is 11.1 Å². The number of hydrogen-bond donors (Lipinski definition) is 3. The molecule has 4 N–H and O–H groups in total. The van der Waals surface area contributed by atoms with Gasteiger partial charge >= 0.3 is 12.0 Å². The van der Waals surface area contributed by atoms with Gasteiger partial charge < -0.3 is 16.2 Å². The Kier molecular flexibility index (Phi) is 3.61. The van der Waals surface area contributed by atoms with Crippen molar-refractivity contribution in [3.63, 3.8) is 0 Å². The maximum absolute atomic E-state index is 10.8. The fourth-order valence-electron chi connectivity index (χ4n) is 1.13. The van der Waals surface area contributed by atoms with Crippen LogP contribution in [0.25, 0.3) is 0 Å². The highest BCUT2D eigenvalue weighted by molar-refractivity contribution is 5.81. The van der Waals surface area contributed by atoms with Gasteiger partial charge in [0.2, 0.25) is 0 Å². The molecule has 0 fully saturated rings. The maximum atomic E-state index is 10.8. The lowest BCUT2D eigenvalue weighted by atomic mass is 10.1. The van der Waals surface area contributed by atoms with Crippen LogP contribution in [0.2, 0.25) is 0 Å². The molecule has 6 nitrogen and oxygen atoms in total. The number of carbonyl (C=O) groups excluding carboxylic acids is 1. The van der Waals surface area contributed by atoms with Gasteiger partial charge in [-0.05, 0) is 17.7 Å². The van der Waals surface area contributed by atoms with Crippen molar-refractivity contribution < 1.29 is 14.7 Å². The minimum Gasteiger partial charge on any atom is -0.480 e. The molecule has 0 saturated carbocycles. The molecule has 0 aliphatic rings. The summed E-state index contributed by atoms with van der Waals surface area (Å²) in [4.78, 5) is 25.1. The SMILES string of the molecule is NC(=O)N[C@@H](Cc1ccncc1)C(=O)O. The first-order valence-electron chi connectivity index (χ1n) is 4.27. The Bertz CT molecular complexity index is 353. The number of nitrogens with two attached hydrogens (primary N) is 1. The number of carbonyl (C=O) groups is 2. The number of primary amides is 1. The van der Waals surface area contributed by atoms with Gasteiger partial charge in [-0.3, -0.25) is 4.98 Å². The average molecular weight is 209 g/mol. The third kappa shape index (κ3) is 3.63. The molecule has 0 bridgehead atoms. The van der Waals surface area contributed by atoms with Gasteiger partial charge in [-0.25, -0.2) is 9.59 Å². The average Bonchev–Trinajstić information content (AvgIpc) is 2.17. The molecule has 0 saturated heterocycles. The normalized spacial score (nSPS) is 11.7. The van der Waals surface area contributed by atoms with E-state index in [4.69, 9.17) is 10.8 Å². The van der Waals surface area contributed by atoms with E-state index < -0.39 is 18.0 Å². The molecule has 80 valence electrons. The second-order valence-electron chi connectivity index (χ2n) is 2.96. The van der Waals surface area contributed by atoms with E-state index in [2.05, 4.69) is 10.3 Å². The van der Waals surface area contributed by atoms with Crippen LogP contribution in [-0.4, -0.2) is 28.1 Å². The number of pyridine rings is 1. The number of aromatic nitrogens is 1. The molecular formula is C9H11N3O3. The van der Waals surface area contributed by atoms with E-state index >= 15 is 0 Å². The highest BCUT2D eigenvalue weighted by Crippen LogP contribution is 2.01. The Labute approximate surface area is 86.1 Å². The maximum Gasteiger partial charge on any atom is 0.326 e. The Balaban J connectivity index is 2.67. The smallest absolute Gasteiger partial charge is 0.326 e. The number of amides is 2. The standard InChI is InChI=1S/C9H11N3O3/c10-9(15)12-7(8(13)14)5-6-1-3-11-4-2-6/h1-4,7H,5H2,(H,13,14)(H3,10,12,15)/t7-/m0/s1. The van der Waals surface area contributed by atoms with Crippen LogP contribution in [0.1, 0.15) is 5.56 Å². The minimum absolute atomic E-state index is 0.181. The Morgan fingerprint density at radius 1 is 1.47 bits per heavy atom. The molecule has 1 atom stereocenters. The molecule has 0 radical (unpaired) electrons. The quantitative estimate of drug-likeness (QED) is 0.635. The molecule has 0 aliphatic carbocycles. The predicted molar refractivity (Wildman–Crippen MR) is 52.1 cm³/mol. The van der Waals surface area contributed by atoms with E-state index in [1.807, 2.05) is 0 Å². The summed E-state index contributed by atoms with van der Waals surface area (Å²) < 4.78 is 0. The van der Waals surface area contributed by atoms with E-state index in [-0.39, 0.29) is 6.42 Å². The summed E-state index contributed by atoms with van der Waals surface area (Å²) in [7, 11) is 0. The van der Waals surface area contributed by atoms with E-state index in [0.717, 1.165) is 5.56 Å². The number of urea groups is 1. The lowest BCUT2D eigenvalue weighted by molar-refractivity contribution is -0.139. The van der Waals surface area contributed by atoms with Crippen LogP contribution in [-0.2, 0) is 11.2 Å². The van der Waals surface area contributed by atoms with E-state index in [0.29, 0.717) is 0 Å². The number of carboxylic acids is 1. The molecule has 1 aromatic heterocycles. The van der Waals surface area contributed by atoms with Gasteiger partial charge in [-0.15, -0.1) is 0 Å². The monoisotopic (exact) mass is 209 g/mol. The largest absolute Gasteiger partial charge is 0.480 e. The number of carboxylic acid groups (broad SMARTS) is 1. The van der Waals surface area contributed by atoms with Crippen molar-refractivity contribution in [1.82, 2.24) is 10.3 Å². The van der Waals surface area contributed by atoms with Crippen LogP contribution in [0.5, 0.6) is 0 Å². The van der Waals surface area contributed by atoms with Crippen molar-refractivity contribution >= 4 is 12.0 Å². The van der Waals surface area contributed by atoms with Gasteiger partial charge in [0.25, 0.3) is 0 Å². The first-order valence-corrected chi connectivity index (χ1v) is 4.27. The van der Waals surface area contributed by atoms with Crippen LogP contribution in [0.15, 0.2) is 24.5 Å². The van der Waals surface area contributed by atoms with Gasteiger partial charge in [0.15, 0.2) is 0 Å². The van der Waals surface area contributed by atoms with Crippen molar-refractivity contribution in [2.75, 3.05) is 0 Å². The number of aliphatic carboxylic acids is 1. The zero-order valence-corrected chi connectivity index (χ0v) is 7.88. The van der Waals surface area contributed by atoms with Gasteiger partial charge in [-0.1, -0.05) is 0 Å². The molecule has 15 heavy (non-hydrogen) atoms. The molecule has 0 aromatic carbocycles. The Hall–Kier alpha value is -2.11. The highest BCUT2D eigenvalue weighted by atomic mass is 16.4. The second-order valence-corrected chi connectivity index (χ2v) is 2.96. The molecule has 0 spiro atoms. The van der Waals surface area contributed by atoms with Crippen molar-refractivity contribution in [3.05, 3.63) is 30.1 Å². The summed E-state index contributed by atoms with van der Waals surface area (Å²) >= 11 is 0. The van der Waals surface area contributed by atoms with Gasteiger partial charge in [0, 0.05) is 18.8 Å². The van der Waals surface area contributed by atoms with Crippen molar-refractivity contribution in [3.8, 4) is 0 Å². The predicted octanol–water partition coefficient (Wildman–Crippen LogP) is -0.254. The van der Waals surface area contributed by atoms with Crippen LogP contribution in [0.3, 0.4) is 0 Å². The summed E-state index contributed by atoms with van der Waals surface area (Å²) in [5.74, 6) is -1.12. The summed E-state index contributed by atoms with van der Waals surface area (Å²) in [6, 6.07) is 1.50. The number of rotatable bonds is 4. The summed E-state index contributed by atoms with van der Waals surface area (Å²) in [6.07, 6.45) is 3.29. The fraction of sp³-hybridized carbons (Fsp3) is 0.222. The van der Waals surface area contributed by atoms with Crippen molar-refractivity contribution in [1.29, 1.82) is 0 Å².